The summed E-state index contributed by atoms with van der Waals surface area (Å²) < 4.78 is 1.81. The van der Waals surface area contributed by atoms with Crippen LogP contribution in [-0.2, 0) is 13.5 Å². The summed E-state index contributed by atoms with van der Waals surface area (Å²) in [5.74, 6) is 0.818. The van der Waals surface area contributed by atoms with Crippen LogP contribution in [0.25, 0.3) is 11.4 Å². The lowest BCUT2D eigenvalue weighted by Gasteiger charge is -2.05. The van der Waals surface area contributed by atoms with Gasteiger partial charge in [-0.1, -0.05) is 6.92 Å². The monoisotopic (exact) mass is 203 g/mol. The van der Waals surface area contributed by atoms with E-state index >= 15 is 0 Å². The van der Waals surface area contributed by atoms with Gasteiger partial charge in [-0.05, 0) is 18.1 Å². The average Bonchev–Trinajstić information content (AvgIpc) is 2.57. The quantitative estimate of drug-likeness (QED) is 0.809. The van der Waals surface area contributed by atoms with Crippen molar-refractivity contribution in [2.45, 2.75) is 13.3 Å². The maximum atomic E-state index is 9.31. The van der Waals surface area contributed by atoms with Crippen LogP contribution in [-0.4, -0.2) is 19.6 Å². The lowest BCUT2D eigenvalue weighted by atomic mass is 10.1. The molecule has 1 N–H and O–H groups in total. The molecule has 0 bridgehead atoms. The Balaban J connectivity index is 2.58. The fraction of sp³-hybridized carbons (Fsp3) is 0.273. The first-order chi connectivity index (χ1) is 7.22. The Hall–Kier alpha value is -1.84. The zero-order valence-electron chi connectivity index (χ0n) is 8.81. The third kappa shape index (κ3) is 1.70. The molecule has 2 aromatic heterocycles. The van der Waals surface area contributed by atoms with Crippen LogP contribution in [0, 0.1) is 0 Å². The van der Waals surface area contributed by atoms with E-state index in [0.29, 0.717) is 0 Å². The molecule has 0 aliphatic rings. The summed E-state index contributed by atoms with van der Waals surface area (Å²) in [6.07, 6.45) is 6.06. The van der Waals surface area contributed by atoms with Crippen LogP contribution >= 0.6 is 0 Å². The molecular formula is C11H13N3O. The van der Waals surface area contributed by atoms with Crippen LogP contribution in [0.5, 0.6) is 5.88 Å². The lowest BCUT2D eigenvalue weighted by molar-refractivity contribution is 0.456. The van der Waals surface area contributed by atoms with E-state index in [2.05, 4.69) is 16.9 Å². The fourth-order valence-corrected chi connectivity index (χ4v) is 1.63. The lowest BCUT2D eigenvalue weighted by Crippen LogP contribution is -1.95. The van der Waals surface area contributed by atoms with Crippen molar-refractivity contribution in [1.29, 1.82) is 0 Å². The van der Waals surface area contributed by atoms with Crippen LogP contribution in [0.3, 0.4) is 0 Å². The van der Waals surface area contributed by atoms with Crippen molar-refractivity contribution >= 4 is 0 Å². The molecule has 0 unspecified atom stereocenters. The Bertz CT molecular complexity index is 476. The highest BCUT2D eigenvalue weighted by atomic mass is 16.3. The molecule has 0 aliphatic heterocycles. The summed E-state index contributed by atoms with van der Waals surface area (Å²) in [4.78, 5) is 8.16. The van der Waals surface area contributed by atoms with Gasteiger partial charge in [0.25, 0.3) is 0 Å². The summed E-state index contributed by atoms with van der Waals surface area (Å²) in [6, 6.07) is 1.92. The molecule has 15 heavy (non-hydrogen) atoms. The molecule has 78 valence electrons. The molecule has 0 aliphatic carbocycles. The van der Waals surface area contributed by atoms with Crippen molar-refractivity contribution in [2.24, 2.45) is 7.05 Å². The van der Waals surface area contributed by atoms with Crippen LogP contribution < -0.4 is 0 Å². The number of rotatable bonds is 2. The van der Waals surface area contributed by atoms with Gasteiger partial charge in [0.15, 0.2) is 0 Å². The number of aromatic nitrogens is 3. The van der Waals surface area contributed by atoms with E-state index in [0.717, 1.165) is 23.4 Å². The van der Waals surface area contributed by atoms with E-state index in [4.69, 9.17) is 0 Å². The molecule has 0 spiro atoms. The molecule has 2 aromatic rings. The maximum absolute atomic E-state index is 9.31. The Morgan fingerprint density at radius 3 is 2.87 bits per heavy atom. The zero-order chi connectivity index (χ0) is 10.8. The summed E-state index contributed by atoms with van der Waals surface area (Å²) in [6.45, 7) is 2.07. The summed E-state index contributed by atoms with van der Waals surface area (Å²) in [5.41, 5.74) is 2.15. The van der Waals surface area contributed by atoms with Crippen molar-refractivity contribution in [3.05, 3.63) is 30.2 Å². The van der Waals surface area contributed by atoms with Crippen molar-refractivity contribution in [3.8, 4) is 17.3 Å². The van der Waals surface area contributed by atoms with Crippen molar-refractivity contribution in [3.63, 3.8) is 0 Å². The third-order valence-electron chi connectivity index (χ3n) is 2.39. The van der Waals surface area contributed by atoms with Gasteiger partial charge in [-0.15, -0.1) is 0 Å². The van der Waals surface area contributed by atoms with Crippen molar-refractivity contribution < 1.29 is 5.11 Å². The Kier molecular flexibility index (Phi) is 2.41. The van der Waals surface area contributed by atoms with E-state index < -0.39 is 0 Å². The molecule has 0 atom stereocenters. The van der Waals surface area contributed by atoms with Gasteiger partial charge in [-0.2, -0.15) is 4.98 Å². The van der Waals surface area contributed by atoms with Gasteiger partial charge < -0.3 is 9.67 Å². The second-order valence-corrected chi connectivity index (χ2v) is 3.42. The van der Waals surface area contributed by atoms with Gasteiger partial charge in [0, 0.05) is 25.0 Å². The predicted octanol–water partition coefficient (Wildman–Crippen LogP) is 1.75. The van der Waals surface area contributed by atoms with Gasteiger partial charge >= 0.3 is 0 Å². The average molecular weight is 203 g/mol. The number of imidazole rings is 1. The molecule has 0 amide bonds. The largest absolute Gasteiger partial charge is 0.492 e. The third-order valence-corrected chi connectivity index (χ3v) is 2.39. The summed E-state index contributed by atoms with van der Waals surface area (Å²) in [5, 5.41) is 9.31. The second-order valence-electron chi connectivity index (χ2n) is 3.42. The maximum Gasteiger partial charge on any atom is 0.229 e. The molecule has 0 aromatic carbocycles. The predicted molar refractivity (Wildman–Crippen MR) is 57.5 cm³/mol. The Morgan fingerprint density at radius 2 is 2.27 bits per heavy atom. The smallest absolute Gasteiger partial charge is 0.229 e. The van der Waals surface area contributed by atoms with Crippen LogP contribution in [0.2, 0.25) is 0 Å². The first-order valence-corrected chi connectivity index (χ1v) is 4.88. The number of pyridine rings is 1. The Morgan fingerprint density at radius 1 is 1.47 bits per heavy atom. The second kappa shape index (κ2) is 3.73. The van der Waals surface area contributed by atoms with Gasteiger partial charge in [0.1, 0.15) is 5.82 Å². The number of nitrogens with zero attached hydrogens (tertiary/aromatic N) is 3. The van der Waals surface area contributed by atoms with Crippen molar-refractivity contribution in [2.75, 3.05) is 0 Å². The normalized spacial score (nSPS) is 10.5. The molecular weight excluding hydrogens is 190 g/mol. The molecule has 4 nitrogen and oxygen atoms in total. The minimum absolute atomic E-state index is 0.0476. The molecule has 4 heteroatoms. The standard InChI is InChI=1S/C11H13N3O/c1-3-8-6-12-5-4-9(8)11-13-10(15)7-14(11)2/h4-7,15H,3H2,1-2H3. The highest BCUT2D eigenvalue weighted by Gasteiger charge is 2.10. The molecule has 0 saturated carbocycles. The van der Waals surface area contributed by atoms with Crippen LogP contribution in [0.1, 0.15) is 12.5 Å². The van der Waals surface area contributed by atoms with E-state index in [-0.39, 0.29) is 5.88 Å². The number of hydrogen-bond acceptors (Lipinski definition) is 3. The highest BCUT2D eigenvalue weighted by molar-refractivity contribution is 5.60. The fourth-order valence-electron chi connectivity index (χ4n) is 1.63. The van der Waals surface area contributed by atoms with E-state index in [1.807, 2.05) is 23.9 Å². The van der Waals surface area contributed by atoms with E-state index in [9.17, 15) is 5.11 Å². The zero-order valence-corrected chi connectivity index (χ0v) is 8.81. The molecule has 0 fully saturated rings. The minimum atomic E-state index is 0.0476. The minimum Gasteiger partial charge on any atom is -0.492 e. The van der Waals surface area contributed by atoms with Gasteiger partial charge in [-0.3, -0.25) is 4.98 Å². The van der Waals surface area contributed by atoms with Crippen LogP contribution in [0.15, 0.2) is 24.7 Å². The van der Waals surface area contributed by atoms with Crippen LogP contribution in [0.4, 0.5) is 0 Å². The van der Waals surface area contributed by atoms with Gasteiger partial charge in [0.05, 0.1) is 6.20 Å². The molecule has 0 saturated heterocycles. The SMILES string of the molecule is CCc1cnccc1-c1nc(O)cn1C. The first-order valence-electron chi connectivity index (χ1n) is 4.88. The van der Waals surface area contributed by atoms with E-state index in [1.54, 1.807) is 12.4 Å². The highest BCUT2D eigenvalue weighted by Crippen LogP contribution is 2.23. The topological polar surface area (TPSA) is 50.9 Å². The van der Waals surface area contributed by atoms with Gasteiger partial charge in [0.2, 0.25) is 5.88 Å². The van der Waals surface area contributed by atoms with Gasteiger partial charge in [-0.25, -0.2) is 0 Å². The molecule has 2 rings (SSSR count). The number of hydrogen-bond donors (Lipinski definition) is 1. The summed E-state index contributed by atoms with van der Waals surface area (Å²) in [7, 11) is 1.86. The first kappa shape index (κ1) is 9.71. The number of aromatic hydroxyl groups is 1. The summed E-state index contributed by atoms with van der Waals surface area (Å²) >= 11 is 0. The van der Waals surface area contributed by atoms with E-state index in [1.165, 1.54) is 0 Å². The molecule has 0 radical (unpaired) electrons. The number of aryl methyl sites for hydroxylation is 2. The van der Waals surface area contributed by atoms with Crippen molar-refractivity contribution in [1.82, 2.24) is 14.5 Å². The Labute approximate surface area is 88.2 Å². The molecule has 2 heterocycles.